The molecule has 2 heterocycles. The minimum absolute atomic E-state index is 0.0149. The van der Waals surface area contributed by atoms with Crippen LogP contribution in [0.25, 0.3) is 0 Å². The lowest BCUT2D eigenvalue weighted by atomic mass is 9.95. The fourth-order valence-electron chi connectivity index (χ4n) is 5.15. The summed E-state index contributed by atoms with van der Waals surface area (Å²) in [6.45, 7) is 8.61. The molecular weight excluding hydrogens is 474 g/mol. The third kappa shape index (κ3) is 6.36. The van der Waals surface area contributed by atoms with Crippen LogP contribution in [0, 0.1) is 0 Å². The van der Waals surface area contributed by atoms with E-state index in [4.69, 9.17) is 4.74 Å². The second-order valence-corrected chi connectivity index (χ2v) is 10.5. The summed E-state index contributed by atoms with van der Waals surface area (Å²) in [5.41, 5.74) is 5.28. The van der Waals surface area contributed by atoms with Gasteiger partial charge in [-0.15, -0.1) is 0 Å². The molecule has 1 aliphatic rings. The van der Waals surface area contributed by atoms with Crippen LogP contribution in [0.3, 0.4) is 0 Å². The minimum Gasteiger partial charge on any atom is -0.383 e. The van der Waals surface area contributed by atoms with Gasteiger partial charge in [0.15, 0.2) is 0 Å². The van der Waals surface area contributed by atoms with Crippen LogP contribution in [0.15, 0.2) is 66.9 Å². The van der Waals surface area contributed by atoms with E-state index in [1.807, 2.05) is 35.2 Å². The molecule has 4 rings (SSSR count). The fraction of sp³-hybridized carbons (Fsp3) is 0.438. The molecule has 0 saturated heterocycles. The Labute approximate surface area is 227 Å². The van der Waals surface area contributed by atoms with Crippen LogP contribution in [0.5, 0.6) is 0 Å². The molecule has 2 amide bonds. The Morgan fingerprint density at radius 2 is 1.76 bits per heavy atom. The van der Waals surface area contributed by atoms with Crippen molar-refractivity contribution in [2.75, 3.05) is 33.4 Å². The molecule has 1 aromatic heterocycles. The van der Waals surface area contributed by atoms with Gasteiger partial charge in [-0.3, -0.25) is 9.59 Å². The zero-order valence-corrected chi connectivity index (χ0v) is 23.2. The number of nitrogens with zero attached hydrogens (tertiary/aromatic N) is 3. The Bertz CT molecular complexity index is 1200. The highest BCUT2D eigenvalue weighted by Gasteiger charge is 2.33. The van der Waals surface area contributed by atoms with E-state index in [2.05, 4.69) is 61.9 Å². The second-order valence-electron chi connectivity index (χ2n) is 10.5. The zero-order valence-electron chi connectivity index (χ0n) is 23.2. The van der Waals surface area contributed by atoms with Crippen LogP contribution in [0.2, 0.25) is 0 Å². The quantitative estimate of drug-likeness (QED) is 0.330. The summed E-state index contributed by atoms with van der Waals surface area (Å²) in [6, 6.07) is 20.3. The number of aromatic nitrogens is 1. The molecule has 2 aromatic carbocycles. The third-order valence-electron chi connectivity index (χ3n) is 7.48. The SMILES string of the molecule is CCCCc1ccc(C(=O)N(CCOC)CC(=O)N2CCn3cccc3C2c2ccc(C(C)C)cc2)cc1. The number of ether oxygens (including phenoxy) is 1. The van der Waals surface area contributed by atoms with Crippen LogP contribution < -0.4 is 0 Å². The maximum absolute atomic E-state index is 13.9. The normalized spacial score (nSPS) is 15.0. The van der Waals surface area contributed by atoms with Gasteiger partial charge in [0.1, 0.15) is 6.54 Å². The van der Waals surface area contributed by atoms with Gasteiger partial charge in [-0.2, -0.15) is 0 Å². The Kier molecular flexibility index (Phi) is 9.40. The second kappa shape index (κ2) is 12.9. The number of fused-ring (bicyclic) bond motifs is 1. The molecule has 6 nitrogen and oxygen atoms in total. The molecule has 0 saturated carbocycles. The number of aryl methyl sites for hydroxylation is 1. The lowest BCUT2D eigenvalue weighted by molar-refractivity contribution is -0.134. The van der Waals surface area contributed by atoms with Gasteiger partial charge in [-0.25, -0.2) is 0 Å². The van der Waals surface area contributed by atoms with E-state index in [1.54, 1.807) is 12.0 Å². The summed E-state index contributed by atoms with van der Waals surface area (Å²) in [4.78, 5) is 30.9. The number of rotatable bonds is 11. The summed E-state index contributed by atoms with van der Waals surface area (Å²) in [5.74, 6) is 0.244. The Hall–Kier alpha value is -3.38. The van der Waals surface area contributed by atoms with Gasteiger partial charge >= 0.3 is 0 Å². The van der Waals surface area contributed by atoms with E-state index >= 15 is 0 Å². The van der Waals surface area contributed by atoms with E-state index in [1.165, 1.54) is 11.1 Å². The first-order valence-corrected chi connectivity index (χ1v) is 13.8. The summed E-state index contributed by atoms with van der Waals surface area (Å²) >= 11 is 0. The smallest absolute Gasteiger partial charge is 0.254 e. The zero-order chi connectivity index (χ0) is 27.1. The number of amides is 2. The van der Waals surface area contributed by atoms with Gasteiger partial charge < -0.3 is 19.1 Å². The van der Waals surface area contributed by atoms with Crippen molar-refractivity contribution in [1.29, 1.82) is 0 Å². The molecule has 0 aliphatic carbocycles. The topological polar surface area (TPSA) is 54.8 Å². The van der Waals surface area contributed by atoms with E-state index in [0.717, 1.165) is 37.1 Å². The van der Waals surface area contributed by atoms with Crippen LogP contribution in [-0.4, -0.2) is 59.5 Å². The first-order chi connectivity index (χ1) is 18.4. The molecule has 6 heteroatoms. The van der Waals surface area contributed by atoms with Crippen molar-refractivity contribution in [1.82, 2.24) is 14.4 Å². The molecule has 0 fully saturated rings. The molecule has 0 bridgehead atoms. The Morgan fingerprint density at radius 3 is 2.42 bits per heavy atom. The molecule has 3 aromatic rings. The summed E-state index contributed by atoms with van der Waals surface area (Å²) in [5, 5.41) is 0. The van der Waals surface area contributed by atoms with Gasteiger partial charge in [0.25, 0.3) is 5.91 Å². The van der Waals surface area contributed by atoms with Gasteiger partial charge in [-0.05, 0) is 59.7 Å². The predicted molar refractivity (Wildman–Crippen MR) is 151 cm³/mol. The fourth-order valence-corrected chi connectivity index (χ4v) is 5.15. The first kappa shape index (κ1) is 27.6. The number of unbranched alkanes of at least 4 members (excludes halogenated alkanes) is 1. The lowest BCUT2D eigenvalue weighted by Crippen LogP contribution is -2.48. The lowest BCUT2D eigenvalue weighted by Gasteiger charge is -2.38. The molecule has 0 radical (unpaired) electrons. The molecule has 0 spiro atoms. The minimum atomic E-state index is -0.190. The van der Waals surface area contributed by atoms with E-state index in [-0.39, 0.29) is 24.4 Å². The van der Waals surface area contributed by atoms with Gasteiger partial charge in [0.05, 0.1) is 12.6 Å². The predicted octanol–water partition coefficient (Wildman–Crippen LogP) is 5.67. The number of benzene rings is 2. The maximum Gasteiger partial charge on any atom is 0.254 e. The molecule has 202 valence electrons. The largest absolute Gasteiger partial charge is 0.383 e. The van der Waals surface area contributed by atoms with Crippen LogP contribution >= 0.6 is 0 Å². The van der Waals surface area contributed by atoms with E-state index in [0.29, 0.717) is 31.2 Å². The van der Waals surface area contributed by atoms with Crippen molar-refractivity contribution in [3.63, 3.8) is 0 Å². The van der Waals surface area contributed by atoms with Crippen molar-refractivity contribution in [2.45, 2.75) is 58.5 Å². The van der Waals surface area contributed by atoms with Crippen molar-refractivity contribution >= 4 is 11.8 Å². The van der Waals surface area contributed by atoms with Crippen LogP contribution in [-0.2, 0) is 22.5 Å². The maximum atomic E-state index is 13.9. The number of carbonyl (C=O) groups excluding carboxylic acids is 2. The molecule has 38 heavy (non-hydrogen) atoms. The first-order valence-electron chi connectivity index (χ1n) is 13.8. The van der Waals surface area contributed by atoms with Crippen LogP contribution in [0.1, 0.15) is 78.3 Å². The number of methoxy groups -OCH3 is 1. The van der Waals surface area contributed by atoms with Gasteiger partial charge in [0.2, 0.25) is 5.91 Å². The summed E-state index contributed by atoms with van der Waals surface area (Å²) in [7, 11) is 1.61. The molecular formula is C32H41N3O3. The molecule has 1 unspecified atom stereocenters. The number of hydrogen-bond acceptors (Lipinski definition) is 3. The van der Waals surface area contributed by atoms with Crippen molar-refractivity contribution < 1.29 is 14.3 Å². The summed E-state index contributed by atoms with van der Waals surface area (Å²) < 4.78 is 7.50. The highest BCUT2D eigenvalue weighted by molar-refractivity contribution is 5.96. The van der Waals surface area contributed by atoms with Crippen molar-refractivity contribution in [3.8, 4) is 0 Å². The molecule has 1 atom stereocenters. The molecule has 1 aliphatic heterocycles. The van der Waals surface area contributed by atoms with E-state index < -0.39 is 0 Å². The summed E-state index contributed by atoms with van der Waals surface area (Å²) in [6.07, 6.45) is 5.35. The van der Waals surface area contributed by atoms with Crippen molar-refractivity contribution in [2.24, 2.45) is 0 Å². The highest BCUT2D eigenvalue weighted by atomic mass is 16.5. The van der Waals surface area contributed by atoms with Crippen molar-refractivity contribution in [3.05, 3.63) is 94.8 Å². The van der Waals surface area contributed by atoms with Gasteiger partial charge in [0, 0.05) is 44.2 Å². The highest BCUT2D eigenvalue weighted by Crippen LogP contribution is 2.33. The number of hydrogen-bond donors (Lipinski definition) is 0. The van der Waals surface area contributed by atoms with Crippen LogP contribution in [0.4, 0.5) is 0 Å². The Morgan fingerprint density at radius 1 is 1.03 bits per heavy atom. The Balaban J connectivity index is 1.56. The third-order valence-corrected chi connectivity index (χ3v) is 7.48. The van der Waals surface area contributed by atoms with Gasteiger partial charge in [-0.1, -0.05) is 63.6 Å². The number of carbonyl (C=O) groups is 2. The average Bonchev–Trinajstić information content (AvgIpc) is 3.42. The van der Waals surface area contributed by atoms with E-state index in [9.17, 15) is 9.59 Å². The average molecular weight is 516 g/mol. The molecule has 0 N–H and O–H groups in total. The standard InChI is InChI=1S/C32H41N3O3/c1-5-6-8-25-10-12-28(13-11-25)32(37)34(21-22-38-4)23-30(36)35-20-19-33-18-7-9-29(33)31(35)27-16-14-26(15-17-27)24(2)3/h7,9-18,24,31H,5-6,8,19-23H2,1-4H3. The monoisotopic (exact) mass is 515 g/mol.